The largest absolute Gasteiger partial charge is 0.310 e. The van der Waals surface area contributed by atoms with E-state index in [1.54, 1.807) is 0 Å². The molecule has 0 aliphatic carbocycles. The van der Waals surface area contributed by atoms with Crippen LogP contribution in [0.25, 0.3) is 0 Å². The molecule has 4 nitrogen and oxygen atoms in total. The molecule has 1 saturated heterocycles. The molecule has 0 aromatic heterocycles. The molecule has 0 aromatic carbocycles. The summed E-state index contributed by atoms with van der Waals surface area (Å²) in [7, 11) is -0.726. The Balaban J connectivity index is 2.36. The molecule has 1 aliphatic rings. The lowest BCUT2D eigenvalue weighted by Crippen LogP contribution is -2.45. The summed E-state index contributed by atoms with van der Waals surface area (Å²) in [6.07, 6.45) is 3.71. The topological polar surface area (TPSA) is 49.4 Å². The number of hydrogen-bond donors (Lipinski definition) is 1. The lowest BCUT2D eigenvalue weighted by Gasteiger charge is -2.34. The van der Waals surface area contributed by atoms with Gasteiger partial charge >= 0.3 is 0 Å². The van der Waals surface area contributed by atoms with E-state index >= 15 is 0 Å². The van der Waals surface area contributed by atoms with Gasteiger partial charge in [0.25, 0.3) is 0 Å². The lowest BCUT2D eigenvalue weighted by atomic mass is 9.90. The first-order valence-electron chi connectivity index (χ1n) is 6.40. The maximum atomic E-state index is 11.2. The van der Waals surface area contributed by atoms with Crippen LogP contribution < -0.4 is 5.32 Å². The standard InChI is InChI=1S/C12H26N2O2S/c1-10(9-17(4,15)16)13-11(2)12-5-7-14(3)8-6-12/h10-13H,5-9H2,1-4H3. The third-order valence-electron chi connectivity index (χ3n) is 3.57. The quantitative estimate of drug-likeness (QED) is 0.794. The number of nitrogens with zero attached hydrogens (tertiary/aromatic N) is 1. The molecular weight excluding hydrogens is 236 g/mol. The first kappa shape index (κ1) is 14.9. The van der Waals surface area contributed by atoms with Gasteiger partial charge in [0.15, 0.2) is 0 Å². The Morgan fingerprint density at radius 1 is 1.29 bits per heavy atom. The molecule has 0 spiro atoms. The normalized spacial score (nSPS) is 23.5. The number of rotatable bonds is 5. The Morgan fingerprint density at radius 3 is 2.29 bits per heavy atom. The highest BCUT2D eigenvalue weighted by Gasteiger charge is 2.23. The van der Waals surface area contributed by atoms with Crippen LogP contribution in [0.5, 0.6) is 0 Å². The minimum Gasteiger partial charge on any atom is -0.310 e. The van der Waals surface area contributed by atoms with Crippen LogP contribution >= 0.6 is 0 Å². The van der Waals surface area contributed by atoms with Gasteiger partial charge in [0.1, 0.15) is 9.84 Å². The average molecular weight is 262 g/mol. The predicted molar refractivity (Wildman–Crippen MR) is 72.0 cm³/mol. The molecule has 5 heteroatoms. The molecule has 1 N–H and O–H groups in total. The fraction of sp³-hybridized carbons (Fsp3) is 1.00. The first-order chi connectivity index (χ1) is 7.78. The molecule has 0 bridgehead atoms. The number of likely N-dealkylation sites (tertiary alicyclic amines) is 1. The summed E-state index contributed by atoms with van der Waals surface area (Å²) in [6.45, 7) is 6.43. The Labute approximate surface area is 106 Å². The zero-order chi connectivity index (χ0) is 13.1. The number of hydrogen-bond acceptors (Lipinski definition) is 4. The molecule has 102 valence electrons. The monoisotopic (exact) mass is 262 g/mol. The van der Waals surface area contributed by atoms with Crippen molar-refractivity contribution >= 4 is 9.84 Å². The van der Waals surface area contributed by atoms with Gasteiger partial charge in [-0.1, -0.05) is 0 Å². The van der Waals surface area contributed by atoms with E-state index in [4.69, 9.17) is 0 Å². The summed E-state index contributed by atoms with van der Waals surface area (Å²) in [6, 6.07) is 0.445. The summed E-state index contributed by atoms with van der Waals surface area (Å²) in [5, 5.41) is 3.42. The summed E-state index contributed by atoms with van der Waals surface area (Å²) in [5.74, 6) is 0.900. The van der Waals surface area contributed by atoms with E-state index in [1.807, 2.05) is 6.92 Å². The highest BCUT2D eigenvalue weighted by atomic mass is 32.2. The summed E-state index contributed by atoms with van der Waals surface area (Å²) in [5.41, 5.74) is 0. The smallest absolute Gasteiger partial charge is 0.148 e. The third kappa shape index (κ3) is 5.84. The van der Waals surface area contributed by atoms with E-state index in [1.165, 1.54) is 19.1 Å². The molecule has 0 amide bonds. The van der Waals surface area contributed by atoms with Crippen LogP contribution in [0.4, 0.5) is 0 Å². The first-order valence-corrected chi connectivity index (χ1v) is 8.46. The van der Waals surface area contributed by atoms with Crippen molar-refractivity contribution in [2.45, 2.75) is 38.8 Å². The lowest BCUT2D eigenvalue weighted by molar-refractivity contribution is 0.186. The summed E-state index contributed by atoms with van der Waals surface area (Å²) < 4.78 is 22.4. The molecule has 1 rings (SSSR count). The molecule has 0 radical (unpaired) electrons. The highest BCUT2D eigenvalue weighted by Crippen LogP contribution is 2.19. The fourth-order valence-corrected chi connectivity index (χ4v) is 3.62. The van der Waals surface area contributed by atoms with Crippen molar-refractivity contribution in [1.82, 2.24) is 10.2 Å². The summed E-state index contributed by atoms with van der Waals surface area (Å²) >= 11 is 0. The molecule has 2 unspecified atom stereocenters. The van der Waals surface area contributed by atoms with Gasteiger partial charge in [-0.15, -0.1) is 0 Å². The van der Waals surface area contributed by atoms with Crippen LogP contribution in [-0.4, -0.2) is 57.5 Å². The molecular formula is C12H26N2O2S. The Hall–Kier alpha value is -0.130. The third-order valence-corrected chi connectivity index (χ3v) is 4.68. The summed E-state index contributed by atoms with van der Waals surface area (Å²) in [4.78, 5) is 2.35. The van der Waals surface area contributed by atoms with E-state index in [-0.39, 0.29) is 11.8 Å². The van der Waals surface area contributed by atoms with Gasteiger partial charge in [-0.25, -0.2) is 8.42 Å². The molecule has 1 heterocycles. The van der Waals surface area contributed by atoms with Gasteiger partial charge in [-0.2, -0.15) is 0 Å². The zero-order valence-corrected chi connectivity index (χ0v) is 12.3. The Bertz CT molecular complexity index is 321. The number of sulfone groups is 1. The van der Waals surface area contributed by atoms with E-state index < -0.39 is 9.84 Å². The molecule has 17 heavy (non-hydrogen) atoms. The second-order valence-corrected chi connectivity index (χ2v) is 7.77. The van der Waals surface area contributed by atoms with E-state index in [9.17, 15) is 8.42 Å². The number of piperidine rings is 1. The van der Waals surface area contributed by atoms with Crippen LogP contribution in [0, 0.1) is 5.92 Å². The number of nitrogens with one attached hydrogen (secondary N) is 1. The van der Waals surface area contributed by atoms with E-state index in [2.05, 4.69) is 24.2 Å². The van der Waals surface area contributed by atoms with E-state index in [0.717, 1.165) is 13.1 Å². The average Bonchev–Trinajstić information content (AvgIpc) is 2.15. The van der Waals surface area contributed by atoms with Crippen molar-refractivity contribution in [3.8, 4) is 0 Å². The van der Waals surface area contributed by atoms with Crippen molar-refractivity contribution in [2.24, 2.45) is 5.92 Å². The van der Waals surface area contributed by atoms with Gasteiger partial charge < -0.3 is 10.2 Å². The van der Waals surface area contributed by atoms with Gasteiger partial charge in [0.05, 0.1) is 5.75 Å². The minimum atomic E-state index is -2.88. The van der Waals surface area contributed by atoms with Crippen LogP contribution in [0.3, 0.4) is 0 Å². The van der Waals surface area contributed by atoms with Crippen molar-refractivity contribution in [2.75, 3.05) is 32.1 Å². The van der Waals surface area contributed by atoms with Gasteiger partial charge in [0, 0.05) is 18.3 Å². The zero-order valence-electron chi connectivity index (χ0n) is 11.4. The second-order valence-electron chi connectivity index (χ2n) is 5.59. The van der Waals surface area contributed by atoms with Crippen molar-refractivity contribution in [3.05, 3.63) is 0 Å². The molecule has 0 saturated carbocycles. The maximum absolute atomic E-state index is 11.2. The fourth-order valence-electron chi connectivity index (χ4n) is 2.62. The SMILES string of the molecule is CC(CS(C)(=O)=O)NC(C)C1CCN(C)CC1. The van der Waals surface area contributed by atoms with Crippen molar-refractivity contribution in [3.63, 3.8) is 0 Å². The molecule has 0 aromatic rings. The highest BCUT2D eigenvalue weighted by molar-refractivity contribution is 7.90. The minimum absolute atomic E-state index is 0.0413. The van der Waals surface area contributed by atoms with E-state index in [0.29, 0.717) is 12.0 Å². The van der Waals surface area contributed by atoms with Crippen LogP contribution in [0.15, 0.2) is 0 Å². The van der Waals surface area contributed by atoms with Crippen LogP contribution in [0.2, 0.25) is 0 Å². The van der Waals surface area contributed by atoms with Crippen molar-refractivity contribution < 1.29 is 8.42 Å². The van der Waals surface area contributed by atoms with Gasteiger partial charge in [-0.3, -0.25) is 0 Å². The van der Waals surface area contributed by atoms with Crippen LogP contribution in [-0.2, 0) is 9.84 Å². The van der Waals surface area contributed by atoms with Crippen LogP contribution in [0.1, 0.15) is 26.7 Å². The molecule has 2 atom stereocenters. The van der Waals surface area contributed by atoms with Gasteiger partial charge in [-0.05, 0) is 52.7 Å². The predicted octanol–water partition coefficient (Wildman–Crippen LogP) is 0.739. The molecule has 1 fully saturated rings. The Morgan fingerprint density at radius 2 is 1.82 bits per heavy atom. The van der Waals surface area contributed by atoms with Gasteiger partial charge in [0.2, 0.25) is 0 Å². The molecule has 1 aliphatic heterocycles. The van der Waals surface area contributed by atoms with Crippen molar-refractivity contribution in [1.29, 1.82) is 0 Å². The Kier molecular flexibility index (Phi) is 5.41. The second kappa shape index (κ2) is 6.16. The maximum Gasteiger partial charge on any atom is 0.148 e.